The molecule has 3 rings (SSSR count). The Morgan fingerprint density at radius 1 is 0.929 bits per heavy atom. The van der Waals surface area contributed by atoms with Crippen molar-refractivity contribution in [2.75, 3.05) is 0 Å². The fraction of sp³-hybridized carbons (Fsp3) is 0.440. The number of hydrogen-bond donors (Lipinski definition) is 0. The molecular formula is C25H28F2O. The maximum absolute atomic E-state index is 12.2. The number of alkyl halides is 2. The van der Waals surface area contributed by atoms with Gasteiger partial charge in [0.25, 0.3) is 0 Å². The second-order valence-corrected chi connectivity index (χ2v) is 7.61. The zero-order valence-electron chi connectivity index (χ0n) is 16.5. The highest BCUT2D eigenvalue weighted by Gasteiger charge is 2.19. The molecule has 0 spiro atoms. The third-order valence-electron chi connectivity index (χ3n) is 5.53. The minimum Gasteiger partial charge on any atom is -0.435 e. The zero-order chi connectivity index (χ0) is 19.8. The van der Waals surface area contributed by atoms with Gasteiger partial charge in [-0.2, -0.15) is 8.78 Å². The van der Waals surface area contributed by atoms with Crippen molar-refractivity contribution in [1.82, 2.24) is 0 Å². The van der Waals surface area contributed by atoms with Crippen LogP contribution in [0.3, 0.4) is 0 Å². The van der Waals surface area contributed by atoms with Crippen LogP contribution < -0.4 is 4.74 Å². The summed E-state index contributed by atoms with van der Waals surface area (Å²) in [5.74, 6) is 8.40. The van der Waals surface area contributed by atoms with Crippen LogP contribution in [0.4, 0.5) is 8.78 Å². The molecule has 0 atom stereocenters. The second kappa shape index (κ2) is 10.3. The molecule has 0 heterocycles. The fourth-order valence-electron chi connectivity index (χ4n) is 3.85. The van der Waals surface area contributed by atoms with Crippen molar-refractivity contribution in [2.45, 2.75) is 58.5 Å². The van der Waals surface area contributed by atoms with Gasteiger partial charge < -0.3 is 4.74 Å². The topological polar surface area (TPSA) is 9.23 Å². The lowest BCUT2D eigenvalue weighted by molar-refractivity contribution is -0.0498. The van der Waals surface area contributed by atoms with E-state index in [0.717, 1.165) is 22.6 Å². The van der Waals surface area contributed by atoms with E-state index >= 15 is 0 Å². The first-order chi connectivity index (χ1) is 13.6. The Hall–Kier alpha value is -2.34. The molecule has 148 valence electrons. The minimum atomic E-state index is -2.80. The summed E-state index contributed by atoms with van der Waals surface area (Å²) in [6.07, 6.45) is 9.14. The molecule has 0 amide bonds. The lowest BCUT2D eigenvalue weighted by Gasteiger charge is -2.25. The summed E-state index contributed by atoms with van der Waals surface area (Å²) in [5, 5.41) is 0. The van der Waals surface area contributed by atoms with Crippen molar-refractivity contribution in [1.29, 1.82) is 0 Å². The first-order valence-corrected chi connectivity index (χ1v) is 10.3. The van der Waals surface area contributed by atoms with Gasteiger partial charge in [0.15, 0.2) is 0 Å². The van der Waals surface area contributed by atoms with Crippen LogP contribution in [0.1, 0.15) is 57.4 Å². The summed E-state index contributed by atoms with van der Waals surface area (Å²) in [5.41, 5.74) is 3.02. The molecule has 3 heteroatoms. The minimum absolute atomic E-state index is 0.172. The van der Waals surface area contributed by atoms with Crippen molar-refractivity contribution in [3.63, 3.8) is 0 Å². The van der Waals surface area contributed by atoms with Crippen LogP contribution in [0.5, 0.6) is 5.75 Å². The van der Waals surface area contributed by atoms with Gasteiger partial charge in [-0.15, -0.1) is 0 Å². The molecule has 1 nitrogen and oxygen atoms in total. The van der Waals surface area contributed by atoms with Crippen LogP contribution in [0, 0.1) is 23.7 Å². The molecular weight excluding hydrogens is 354 g/mol. The van der Waals surface area contributed by atoms with E-state index in [1.807, 2.05) is 24.3 Å². The van der Waals surface area contributed by atoms with Gasteiger partial charge in [-0.1, -0.05) is 62.3 Å². The van der Waals surface area contributed by atoms with Gasteiger partial charge in [0.1, 0.15) is 5.75 Å². The lowest BCUT2D eigenvalue weighted by atomic mass is 9.80. The van der Waals surface area contributed by atoms with Gasteiger partial charge in [-0.25, -0.2) is 0 Å². The summed E-state index contributed by atoms with van der Waals surface area (Å²) in [6.45, 7) is -0.533. The van der Waals surface area contributed by atoms with Crippen LogP contribution in [-0.4, -0.2) is 6.61 Å². The molecule has 0 N–H and O–H groups in total. The lowest BCUT2D eigenvalue weighted by Crippen LogP contribution is -2.13. The van der Waals surface area contributed by atoms with E-state index in [0.29, 0.717) is 5.92 Å². The Bertz CT molecular complexity index is 776. The van der Waals surface area contributed by atoms with Crippen molar-refractivity contribution in [2.24, 2.45) is 11.8 Å². The summed E-state index contributed by atoms with van der Waals surface area (Å²) in [4.78, 5) is 0. The predicted molar refractivity (Wildman–Crippen MR) is 110 cm³/mol. The summed E-state index contributed by atoms with van der Waals surface area (Å²) >= 11 is 0. The third kappa shape index (κ3) is 6.09. The number of hydrogen-bond acceptors (Lipinski definition) is 1. The van der Waals surface area contributed by atoms with Gasteiger partial charge in [-0.3, -0.25) is 0 Å². The molecule has 0 bridgehead atoms. The van der Waals surface area contributed by atoms with Crippen molar-refractivity contribution < 1.29 is 13.5 Å². The van der Waals surface area contributed by atoms with Gasteiger partial charge in [0, 0.05) is 11.5 Å². The Labute approximate surface area is 167 Å². The van der Waals surface area contributed by atoms with Crippen LogP contribution in [-0.2, 0) is 0 Å². The highest BCUT2D eigenvalue weighted by molar-refractivity contribution is 5.65. The molecule has 1 aliphatic carbocycles. The highest BCUT2D eigenvalue weighted by Crippen LogP contribution is 2.31. The average Bonchev–Trinajstić information content (AvgIpc) is 2.72. The van der Waals surface area contributed by atoms with Crippen molar-refractivity contribution in [3.05, 3.63) is 54.1 Å². The molecule has 0 radical (unpaired) electrons. The zero-order valence-corrected chi connectivity index (χ0v) is 16.5. The molecule has 0 aliphatic heterocycles. The number of halogens is 2. The number of ether oxygens (including phenoxy) is 1. The van der Waals surface area contributed by atoms with Crippen LogP contribution in [0.2, 0.25) is 0 Å². The molecule has 2 aromatic rings. The fourth-order valence-corrected chi connectivity index (χ4v) is 3.85. The van der Waals surface area contributed by atoms with E-state index in [4.69, 9.17) is 0 Å². The van der Waals surface area contributed by atoms with Gasteiger partial charge >= 0.3 is 6.61 Å². The molecule has 1 aliphatic rings. The summed E-state index contributed by atoms with van der Waals surface area (Å²) < 4.78 is 28.8. The quantitative estimate of drug-likeness (QED) is 0.476. The third-order valence-corrected chi connectivity index (χ3v) is 5.53. The normalized spacial score (nSPS) is 19.1. The number of benzene rings is 2. The largest absolute Gasteiger partial charge is 0.435 e. The number of unbranched alkanes of at least 4 members (excludes halogenated alkanes) is 1. The first kappa shape index (κ1) is 20.4. The maximum Gasteiger partial charge on any atom is 0.387 e. The molecule has 0 aromatic heterocycles. The Morgan fingerprint density at radius 2 is 1.54 bits per heavy atom. The number of rotatable bonds is 6. The molecule has 1 saturated carbocycles. The molecule has 0 saturated heterocycles. The van der Waals surface area contributed by atoms with Gasteiger partial charge in [-0.05, 0) is 67.0 Å². The van der Waals surface area contributed by atoms with Crippen molar-refractivity contribution >= 4 is 0 Å². The average molecular weight is 382 g/mol. The SMILES string of the molecule is CCCC[C@H]1CC[C@H](C#Cc2ccc(-c3ccc(OC(F)F)cc3)cc2)CC1. The van der Waals surface area contributed by atoms with Crippen molar-refractivity contribution in [3.8, 4) is 28.7 Å². The molecule has 0 unspecified atom stereocenters. The van der Waals surface area contributed by atoms with Crippen LogP contribution in [0.25, 0.3) is 11.1 Å². The Morgan fingerprint density at radius 3 is 2.11 bits per heavy atom. The predicted octanol–water partition coefficient (Wildman–Crippen LogP) is 7.30. The first-order valence-electron chi connectivity index (χ1n) is 10.3. The smallest absolute Gasteiger partial charge is 0.387 e. The highest BCUT2D eigenvalue weighted by atomic mass is 19.3. The van der Waals surface area contributed by atoms with Crippen LogP contribution in [0.15, 0.2) is 48.5 Å². The van der Waals surface area contributed by atoms with E-state index in [1.165, 1.54) is 44.9 Å². The van der Waals surface area contributed by atoms with Gasteiger partial charge in [0.05, 0.1) is 0 Å². The van der Waals surface area contributed by atoms with E-state index < -0.39 is 6.61 Å². The van der Waals surface area contributed by atoms with E-state index in [-0.39, 0.29) is 5.75 Å². The monoisotopic (exact) mass is 382 g/mol. The molecule has 2 aromatic carbocycles. The maximum atomic E-state index is 12.2. The molecule has 28 heavy (non-hydrogen) atoms. The van der Waals surface area contributed by atoms with E-state index in [2.05, 4.69) is 23.5 Å². The summed E-state index contributed by atoms with van der Waals surface area (Å²) in [7, 11) is 0. The van der Waals surface area contributed by atoms with Gasteiger partial charge in [0.2, 0.25) is 0 Å². The summed E-state index contributed by atoms with van der Waals surface area (Å²) in [6, 6.07) is 14.8. The molecule has 1 fully saturated rings. The Balaban J connectivity index is 1.55. The van der Waals surface area contributed by atoms with Crippen LogP contribution >= 0.6 is 0 Å². The second-order valence-electron chi connectivity index (χ2n) is 7.61. The Kier molecular flexibility index (Phi) is 7.48. The van der Waals surface area contributed by atoms with E-state index in [9.17, 15) is 8.78 Å². The van der Waals surface area contributed by atoms with E-state index in [1.54, 1.807) is 24.3 Å². The standard InChI is InChI=1S/C25H28F2O/c1-2-3-4-19-5-7-20(8-6-19)9-10-21-11-13-22(14-12-21)23-15-17-24(18-16-23)28-25(26)27/h11-20,25H,2-8H2,1H3/t19-,20-.